The maximum absolute atomic E-state index is 10.6. The Bertz CT molecular complexity index is 891. The lowest BCUT2D eigenvalue weighted by Gasteiger charge is -2.32. The number of hydrogen-bond acceptors (Lipinski definition) is 2. The highest BCUT2D eigenvalue weighted by molar-refractivity contribution is 6.08. The van der Waals surface area contributed by atoms with E-state index in [0.29, 0.717) is 0 Å². The van der Waals surface area contributed by atoms with Gasteiger partial charge in [0.25, 0.3) is 0 Å². The van der Waals surface area contributed by atoms with Gasteiger partial charge in [0, 0.05) is 0 Å². The summed E-state index contributed by atoms with van der Waals surface area (Å²) in [6.45, 7) is 1.66. The average Bonchev–Trinajstić information content (AvgIpc) is 2.50. The Kier molecular flexibility index (Phi) is 2.49. The van der Waals surface area contributed by atoms with Gasteiger partial charge >= 0.3 is 0 Å². The molecule has 2 atom stereocenters. The molecule has 0 amide bonds. The molecule has 0 unspecified atom stereocenters. The Morgan fingerprint density at radius 1 is 0.952 bits per heavy atom. The second-order valence-electron chi connectivity index (χ2n) is 5.90. The second-order valence-corrected chi connectivity index (χ2v) is 5.90. The highest BCUT2D eigenvalue weighted by Gasteiger charge is 2.35. The summed E-state index contributed by atoms with van der Waals surface area (Å²) in [4.78, 5) is 0. The fourth-order valence-corrected chi connectivity index (χ4v) is 3.19. The Morgan fingerprint density at radius 3 is 2.57 bits per heavy atom. The van der Waals surface area contributed by atoms with Crippen molar-refractivity contribution in [1.29, 1.82) is 0 Å². The minimum absolute atomic E-state index is 0.778. The van der Waals surface area contributed by atoms with Crippen molar-refractivity contribution in [2.24, 2.45) is 0 Å². The fraction of sp³-hybridized carbons (Fsp3) is 0.158. The summed E-state index contributed by atoms with van der Waals surface area (Å²) in [5.74, 6) is 0. The van der Waals surface area contributed by atoms with Crippen LogP contribution >= 0.6 is 0 Å². The molecule has 2 heteroatoms. The van der Waals surface area contributed by atoms with E-state index < -0.39 is 11.7 Å². The van der Waals surface area contributed by atoms with Crippen LogP contribution in [0.1, 0.15) is 18.1 Å². The van der Waals surface area contributed by atoms with Crippen molar-refractivity contribution >= 4 is 27.6 Å². The molecule has 2 N–H and O–H groups in total. The van der Waals surface area contributed by atoms with Gasteiger partial charge in [0.15, 0.2) is 0 Å². The number of hydrogen-bond donors (Lipinski definition) is 2. The second kappa shape index (κ2) is 4.17. The molecule has 0 heterocycles. The largest absolute Gasteiger partial charge is 0.386 e. The third-order valence-electron chi connectivity index (χ3n) is 4.49. The molecule has 0 saturated heterocycles. The van der Waals surface area contributed by atoms with Crippen LogP contribution in [0, 0.1) is 0 Å². The van der Waals surface area contributed by atoms with Crippen molar-refractivity contribution in [2.45, 2.75) is 18.6 Å². The first-order valence-corrected chi connectivity index (χ1v) is 7.12. The van der Waals surface area contributed by atoms with Crippen LogP contribution in [0.4, 0.5) is 0 Å². The van der Waals surface area contributed by atoms with Gasteiger partial charge in [-0.25, -0.2) is 0 Å². The van der Waals surface area contributed by atoms with E-state index in [1.54, 1.807) is 13.0 Å². The summed E-state index contributed by atoms with van der Waals surface area (Å²) in [5, 5.41) is 25.2. The van der Waals surface area contributed by atoms with Gasteiger partial charge in [-0.1, -0.05) is 48.6 Å². The minimum Gasteiger partial charge on any atom is -0.386 e. The molecular formula is C19H16O2. The molecule has 0 aliphatic heterocycles. The summed E-state index contributed by atoms with van der Waals surface area (Å²) < 4.78 is 0. The number of benzene rings is 3. The molecule has 2 nitrogen and oxygen atoms in total. The Morgan fingerprint density at radius 2 is 1.71 bits per heavy atom. The topological polar surface area (TPSA) is 40.5 Å². The van der Waals surface area contributed by atoms with Gasteiger partial charge in [-0.3, -0.25) is 0 Å². The number of aliphatic hydroxyl groups is 2. The SMILES string of the molecule is C[C@@]1(O)c2cc3ccc4ccccc4c3cc2C=C[C@H]1O. The molecular weight excluding hydrogens is 260 g/mol. The van der Waals surface area contributed by atoms with Gasteiger partial charge in [-0.2, -0.15) is 0 Å². The molecule has 0 bridgehead atoms. The maximum atomic E-state index is 10.6. The first kappa shape index (κ1) is 12.6. The van der Waals surface area contributed by atoms with Crippen LogP contribution in [0.5, 0.6) is 0 Å². The molecule has 3 aromatic rings. The smallest absolute Gasteiger partial charge is 0.117 e. The van der Waals surface area contributed by atoms with E-state index >= 15 is 0 Å². The van der Waals surface area contributed by atoms with E-state index in [1.807, 2.05) is 24.3 Å². The monoisotopic (exact) mass is 276 g/mol. The number of aliphatic hydroxyl groups excluding tert-OH is 1. The van der Waals surface area contributed by atoms with Crippen LogP contribution in [-0.4, -0.2) is 16.3 Å². The lowest BCUT2D eigenvalue weighted by Crippen LogP contribution is -2.37. The first-order valence-electron chi connectivity index (χ1n) is 7.12. The Hall–Kier alpha value is -2.16. The van der Waals surface area contributed by atoms with Gasteiger partial charge in [0.2, 0.25) is 0 Å². The molecule has 0 saturated carbocycles. The van der Waals surface area contributed by atoms with Crippen molar-refractivity contribution in [3.63, 3.8) is 0 Å². The maximum Gasteiger partial charge on any atom is 0.117 e. The molecule has 0 fully saturated rings. The molecule has 4 rings (SSSR count). The normalized spacial score (nSPS) is 24.4. The predicted octanol–water partition coefficient (Wildman–Crippen LogP) is 3.59. The minimum atomic E-state index is -1.25. The zero-order chi connectivity index (χ0) is 14.6. The highest BCUT2D eigenvalue weighted by atomic mass is 16.3. The van der Waals surface area contributed by atoms with Crippen LogP contribution in [0.3, 0.4) is 0 Å². The first-order chi connectivity index (χ1) is 10.1. The van der Waals surface area contributed by atoms with E-state index in [0.717, 1.165) is 16.5 Å². The van der Waals surface area contributed by atoms with Crippen LogP contribution < -0.4 is 0 Å². The van der Waals surface area contributed by atoms with Crippen LogP contribution in [0.25, 0.3) is 27.6 Å². The van der Waals surface area contributed by atoms with Gasteiger partial charge < -0.3 is 10.2 Å². The lowest BCUT2D eigenvalue weighted by molar-refractivity contribution is -0.0435. The van der Waals surface area contributed by atoms with Gasteiger partial charge in [0.1, 0.15) is 11.7 Å². The van der Waals surface area contributed by atoms with E-state index in [4.69, 9.17) is 0 Å². The summed E-state index contributed by atoms with van der Waals surface area (Å²) in [7, 11) is 0. The number of rotatable bonds is 0. The highest BCUT2D eigenvalue weighted by Crippen LogP contribution is 2.37. The molecule has 1 aliphatic rings. The standard InChI is InChI=1S/C19H16O2/c1-19(21)17-11-13-7-6-12-4-2-3-5-15(12)16(13)10-14(17)8-9-18(19)20/h2-11,18,20-21H,1H3/t18-,19-/m1/s1. The van der Waals surface area contributed by atoms with Crippen molar-refractivity contribution in [2.75, 3.05) is 0 Å². The van der Waals surface area contributed by atoms with E-state index in [-0.39, 0.29) is 0 Å². The quantitative estimate of drug-likeness (QED) is 0.616. The summed E-state index contributed by atoms with van der Waals surface area (Å²) in [6, 6.07) is 16.5. The van der Waals surface area contributed by atoms with E-state index in [1.165, 1.54) is 16.2 Å². The van der Waals surface area contributed by atoms with Crippen LogP contribution in [0.15, 0.2) is 54.6 Å². The van der Waals surface area contributed by atoms with Crippen molar-refractivity contribution in [3.8, 4) is 0 Å². The molecule has 0 spiro atoms. The van der Waals surface area contributed by atoms with Crippen molar-refractivity contribution in [3.05, 3.63) is 65.7 Å². The molecule has 0 radical (unpaired) electrons. The summed E-state index contributed by atoms with van der Waals surface area (Å²) >= 11 is 0. The number of fused-ring (bicyclic) bond motifs is 4. The van der Waals surface area contributed by atoms with Crippen LogP contribution in [0.2, 0.25) is 0 Å². The van der Waals surface area contributed by atoms with Crippen molar-refractivity contribution < 1.29 is 10.2 Å². The Labute approximate surface area is 123 Å². The molecule has 1 aliphatic carbocycles. The zero-order valence-corrected chi connectivity index (χ0v) is 11.7. The van der Waals surface area contributed by atoms with Gasteiger partial charge in [-0.15, -0.1) is 0 Å². The third kappa shape index (κ3) is 1.73. The summed E-state index contributed by atoms with van der Waals surface area (Å²) in [6.07, 6.45) is 2.67. The third-order valence-corrected chi connectivity index (χ3v) is 4.49. The Balaban J connectivity index is 2.11. The van der Waals surface area contributed by atoms with Crippen LogP contribution in [-0.2, 0) is 5.60 Å². The molecule has 3 aromatic carbocycles. The molecule has 104 valence electrons. The summed E-state index contributed by atoms with van der Waals surface area (Å²) in [5.41, 5.74) is 0.499. The van der Waals surface area contributed by atoms with E-state index in [9.17, 15) is 10.2 Å². The van der Waals surface area contributed by atoms with Gasteiger partial charge in [-0.05, 0) is 51.7 Å². The molecule has 0 aromatic heterocycles. The van der Waals surface area contributed by atoms with Gasteiger partial charge in [0.05, 0.1) is 0 Å². The average molecular weight is 276 g/mol. The predicted molar refractivity (Wildman–Crippen MR) is 86.1 cm³/mol. The zero-order valence-electron chi connectivity index (χ0n) is 11.7. The molecule has 21 heavy (non-hydrogen) atoms. The fourth-order valence-electron chi connectivity index (χ4n) is 3.19. The van der Waals surface area contributed by atoms with Crippen molar-refractivity contribution in [1.82, 2.24) is 0 Å². The van der Waals surface area contributed by atoms with E-state index in [2.05, 4.69) is 30.3 Å². The lowest BCUT2D eigenvalue weighted by atomic mass is 9.81.